The average Bonchev–Trinajstić information content (AvgIpc) is 3.41. The predicted octanol–water partition coefficient (Wildman–Crippen LogP) is 4.83. The van der Waals surface area contributed by atoms with Crippen LogP contribution in [0.3, 0.4) is 0 Å². The van der Waals surface area contributed by atoms with Crippen LogP contribution in [0, 0.1) is 11.2 Å². The van der Waals surface area contributed by atoms with Gasteiger partial charge in [0.2, 0.25) is 0 Å². The van der Waals surface area contributed by atoms with Gasteiger partial charge in [0.15, 0.2) is 0 Å². The zero-order valence-corrected chi connectivity index (χ0v) is 18.4. The number of primary amides is 1. The van der Waals surface area contributed by atoms with Crippen molar-refractivity contribution in [1.82, 2.24) is 9.78 Å². The minimum atomic E-state index is -4.81. The molecule has 0 aliphatic heterocycles. The van der Waals surface area contributed by atoms with Crippen molar-refractivity contribution in [3.63, 3.8) is 0 Å². The minimum absolute atomic E-state index is 0.0188. The van der Waals surface area contributed by atoms with Gasteiger partial charge in [0.1, 0.15) is 22.9 Å². The third-order valence-corrected chi connectivity index (χ3v) is 6.17. The lowest BCUT2D eigenvalue weighted by molar-refractivity contribution is -0.140. The van der Waals surface area contributed by atoms with Crippen molar-refractivity contribution < 1.29 is 27.1 Å². The number of carbonyl (C=O) groups excluding carboxylic acids is 1. The van der Waals surface area contributed by atoms with Crippen molar-refractivity contribution in [3.05, 3.63) is 82.3 Å². The van der Waals surface area contributed by atoms with Crippen LogP contribution in [0.2, 0.25) is 0 Å². The summed E-state index contributed by atoms with van der Waals surface area (Å²) in [5, 5.41) is 4.47. The Morgan fingerprint density at radius 3 is 2.41 bits per heavy atom. The van der Waals surface area contributed by atoms with E-state index in [4.69, 9.17) is 16.2 Å². The summed E-state index contributed by atoms with van der Waals surface area (Å²) in [4.78, 5) is 12.2. The van der Waals surface area contributed by atoms with E-state index in [0.717, 1.165) is 24.5 Å². The van der Waals surface area contributed by atoms with Crippen molar-refractivity contribution in [2.24, 2.45) is 11.1 Å². The number of benzene rings is 2. The molecule has 1 heterocycles. The molecule has 1 aliphatic carbocycles. The van der Waals surface area contributed by atoms with Crippen LogP contribution < -0.4 is 11.5 Å². The smallest absolute Gasteiger partial charge is 0.383 e. The van der Waals surface area contributed by atoms with Crippen LogP contribution in [0.1, 0.15) is 58.5 Å². The van der Waals surface area contributed by atoms with Gasteiger partial charge in [-0.2, -0.15) is 18.3 Å². The summed E-state index contributed by atoms with van der Waals surface area (Å²) in [5.74, 6) is -2.23. The van der Waals surface area contributed by atoms with Crippen molar-refractivity contribution >= 4 is 11.7 Å². The monoisotopic (exact) mass is 476 g/mol. The second-order valence-corrected chi connectivity index (χ2v) is 8.79. The fourth-order valence-corrected chi connectivity index (χ4v) is 4.14. The van der Waals surface area contributed by atoms with Gasteiger partial charge in [-0.1, -0.05) is 43.3 Å². The first-order valence-corrected chi connectivity index (χ1v) is 10.7. The number of aromatic nitrogens is 2. The van der Waals surface area contributed by atoms with Gasteiger partial charge >= 0.3 is 6.18 Å². The molecule has 0 bridgehead atoms. The predicted molar refractivity (Wildman–Crippen MR) is 117 cm³/mol. The lowest BCUT2D eigenvalue weighted by atomic mass is 9.91. The van der Waals surface area contributed by atoms with Crippen LogP contribution in [0.15, 0.2) is 48.5 Å². The van der Waals surface area contributed by atoms with E-state index >= 15 is 0 Å². The molecule has 1 amide bonds. The highest BCUT2D eigenvalue weighted by atomic mass is 19.4. The molecule has 180 valence electrons. The van der Waals surface area contributed by atoms with E-state index in [2.05, 4.69) is 5.10 Å². The van der Waals surface area contributed by atoms with E-state index in [1.165, 1.54) is 10.7 Å². The summed E-state index contributed by atoms with van der Waals surface area (Å²) in [7, 11) is 0. The molecule has 1 aromatic heterocycles. The highest BCUT2D eigenvalue weighted by Gasteiger charge is 2.48. The second-order valence-electron chi connectivity index (χ2n) is 8.79. The Balaban J connectivity index is 1.70. The number of alkyl halides is 3. The highest BCUT2D eigenvalue weighted by Crippen LogP contribution is 2.57. The number of carbonyl (C=O) groups is 1. The first kappa shape index (κ1) is 23.7. The molecule has 2 aromatic carbocycles. The molecule has 0 spiro atoms. The minimum Gasteiger partial charge on any atom is -0.383 e. The maximum Gasteiger partial charge on any atom is 0.419 e. The van der Waals surface area contributed by atoms with Crippen LogP contribution in [0.4, 0.5) is 23.4 Å². The molecule has 1 fully saturated rings. The highest BCUT2D eigenvalue weighted by molar-refractivity contribution is 5.98. The van der Waals surface area contributed by atoms with E-state index < -0.39 is 34.9 Å². The van der Waals surface area contributed by atoms with Gasteiger partial charge < -0.3 is 16.2 Å². The number of hydrogen-bond acceptors (Lipinski definition) is 4. The van der Waals surface area contributed by atoms with Crippen LogP contribution in [0.5, 0.6) is 0 Å². The number of rotatable bonds is 8. The Morgan fingerprint density at radius 2 is 1.85 bits per heavy atom. The van der Waals surface area contributed by atoms with Gasteiger partial charge in [-0.3, -0.25) is 4.79 Å². The van der Waals surface area contributed by atoms with E-state index in [1.807, 2.05) is 37.3 Å². The summed E-state index contributed by atoms with van der Waals surface area (Å²) in [6, 6.07) is 11.5. The Morgan fingerprint density at radius 1 is 1.18 bits per heavy atom. The van der Waals surface area contributed by atoms with Crippen molar-refractivity contribution in [2.75, 3.05) is 5.73 Å². The third kappa shape index (κ3) is 4.63. The zero-order chi connectivity index (χ0) is 24.7. The molecule has 6 nitrogen and oxygen atoms in total. The first-order chi connectivity index (χ1) is 16.0. The molecule has 10 heteroatoms. The number of hydrogen-bond donors (Lipinski definition) is 2. The molecule has 34 heavy (non-hydrogen) atoms. The van der Waals surface area contributed by atoms with E-state index in [9.17, 15) is 22.4 Å². The van der Waals surface area contributed by atoms with Crippen molar-refractivity contribution in [3.8, 4) is 0 Å². The molecular formula is C24H24F4N4O2. The van der Waals surface area contributed by atoms with Gasteiger partial charge in [0.25, 0.3) is 5.91 Å². The molecule has 3 aromatic rings. The third-order valence-electron chi connectivity index (χ3n) is 6.17. The lowest BCUT2D eigenvalue weighted by Gasteiger charge is -2.26. The number of anilines is 1. The molecule has 4 N–H and O–H groups in total. The second kappa shape index (κ2) is 8.75. The standard InChI is InChI=1S/C24H24F4N4O2/c1-23(9-10-23)20(15-7-8-16(17(25)11-15)24(26,27)28)32-21(29)19(22(30)33)18(31-32)13-34-12-14-5-3-2-4-6-14/h2-8,11,20H,9-10,12-13,29H2,1H3,(H2,30,33). The van der Waals surface area contributed by atoms with Crippen LogP contribution >= 0.6 is 0 Å². The average molecular weight is 476 g/mol. The number of amides is 1. The molecule has 1 atom stereocenters. The molecular weight excluding hydrogens is 452 g/mol. The van der Waals surface area contributed by atoms with E-state index in [0.29, 0.717) is 6.07 Å². The van der Waals surface area contributed by atoms with Gasteiger partial charge in [-0.25, -0.2) is 9.07 Å². The van der Waals surface area contributed by atoms with Crippen LogP contribution in [0.25, 0.3) is 0 Å². The van der Waals surface area contributed by atoms with Crippen LogP contribution in [-0.4, -0.2) is 15.7 Å². The van der Waals surface area contributed by atoms with Crippen LogP contribution in [-0.2, 0) is 24.1 Å². The summed E-state index contributed by atoms with van der Waals surface area (Å²) in [6.07, 6.45) is -3.36. The topological polar surface area (TPSA) is 96.2 Å². The fraction of sp³-hybridized carbons (Fsp3) is 0.333. The normalized spacial score (nSPS) is 15.8. The largest absolute Gasteiger partial charge is 0.419 e. The number of ether oxygens (including phenoxy) is 1. The lowest BCUT2D eigenvalue weighted by Crippen LogP contribution is -2.24. The fourth-order valence-electron chi connectivity index (χ4n) is 4.14. The molecule has 1 unspecified atom stereocenters. The Kier molecular flexibility index (Phi) is 6.11. The quantitative estimate of drug-likeness (QED) is 0.455. The van der Waals surface area contributed by atoms with Gasteiger partial charge in [-0.15, -0.1) is 0 Å². The van der Waals surface area contributed by atoms with Gasteiger partial charge in [0, 0.05) is 0 Å². The SMILES string of the molecule is CC1(C(c2ccc(C(F)(F)F)c(F)c2)n2nc(COCc3ccccc3)c(C(N)=O)c2N)CC1. The summed E-state index contributed by atoms with van der Waals surface area (Å²) in [5.41, 5.74) is 11.4. The molecule has 1 saturated carbocycles. The van der Waals surface area contributed by atoms with Crippen molar-refractivity contribution in [1.29, 1.82) is 0 Å². The van der Waals surface area contributed by atoms with Crippen molar-refractivity contribution in [2.45, 2.75) is 45.2 Å². The summed E-state index contributed by atoms with van der Waals surface area (Å²) >= 11 is 0. The number of nitrogens with two attached hydrogens (primary N) is 2. The molecule has 0 saturated heterocycles. The summed E-state index contributed by atoms with van der Waals surface area (Å²) < 4.78 is 60.6. The zero-order valence-electron chi connectivity index (χ0n) is 18.4. The molecule has 4 rings (SSSR count). The Labute approximate surface area is 193 Å². The number of halogens is 4. The number of nitrogens with zero attached hydrogens (tertiary/aromatic N) is 2. The number of nitrogen functional groups attached to an aromatic ring is 1. The summed E-state index contributed by atoms with van der Waals surface area (Å²) in [6.45, 7) is 2.11. The first-order valence-electron chi connectivity index (χ1n) is 10.7. The Bertz CT molecular complexity index is 1200. The van der Waals surface area contributed by atoms with E-state index in [-0.39, 0.29) is 35.9 Å². The maximum absolute atomic E-state index is 14.4. The Hall–Kier alpha value is -3.40. The van der Waals surface area contributed by atoms with E-state index in [1.54, 1.807) is 0 Å². The molecule has 0 radical (unpaired) electrons. The van der Waals surface area contributed by atoms with Gasteiger partial charge in [-0.05, 0) is 41.5 Å². The van der Waals surface area contributed by atoms with Gasteiger partial charge in [0.05, 0.1) is 24.8 Å². The maximum atomic E-state index is 14.4. The molecule has 1 aliphatic rings.